The van der Waals surface area contributed by atoms with E-state index in [1.165, 1.54) is 24.0 Å². The summed E-state index contributed by atoms with van der Waals surface area (Å²) >= 11 is 0. The van der Waals surface area contributed by atoms with Crippen LogP contribution in [0.2, 0.25) is 0 Å². The number of carbonyl (C=O) groups is 1. The van der Waals surface area contributed by atoms with Crippen molar-refractivity contribution in [3.63, 3.8) is 0 Å². The van der Waals surface area contributed by atoms with E-state index in [0.717, 1.165) is 18.8 Å². The van der Waals surface area contributed by atoms with E-state index in [9.17, 15) is 4.79 Å². The lowest BCUT2D eigenvalue weighted by Gasteiger charge is -2.14. The molecule has 17 heavy (non-hydrogen) atoms. The van der Waals surface area contributed by atoms with Crippen LogP contribution in [0.25, 0.3) is 0 Å². The molecule has 0 spiro atoms. The van der Waals surface area contributed by atoms with E-state index in [2.05, 4.69) is 24.1 Å². The Hall–Kier alpha value is -1.35. The summed E-state index contributed by atoms with van der Waals surface area (Å²) in [5.41, 5.74) is 3.36. The zero-order valence-corrected chi connectivity index (χ0v) is 10.6. The van der Waals surface area contributed by atoms with Gasteiger partial charge in [-0.05, 0) is 63.0 Å². The number of nitrogens with zero attached hydrogens (tertiary/aromatic N) is 1. The van der Waals surface area contributed by atoms with Crippen LogP contribution in [0.3, 0.4) is 0 Å². The SMILES string of the molecule is Cc1ccc(NC(=O)CN2CCCC2)cc1C. The molecule has 1 heterocycles. The molecule has 1 aliphatic rings. The van der Waals surface area contributed by atoms with Crippen molar-refractivity contribution in [3.8, 4) is 0 Å². The van der Waals surface area contributed by atoms with Crippen LogP contribution < -0.4 is 5.32 Å². The van der Waals surface area contributed by atoms with Crippen LogP contribution in [0.5, 0.6) is 0 Å². The molecule has 0 aliphatic carbocycles. The number of likely N-dealkylation sites (tertiary alicyclic amines) is 1. The summed E-state index contributed by atoms with van der Waals surface area (Å²) in [6.07, 6.45) is 2.44. The average Bonchev–Trinajstić information content (AvgIpc) is 2.76. The van der Waals surface area contributed by atoms with Gasteiger partial charge in [0, 0.05) is 5.69 Å². The van der Waals surface area contributed by atoms with Gasteiger partial charge in [0.05, 0.1) is 6.54 Å². The van der Waals surface area contributed by atoms with Crippen LogP contribution in [0.15, 0.2) is 18.2 Å². The summed E-state index contributed by atoms with van der Waals surface area (Å²) in [7, 11) is 0. The summed E-state index contributed by atoms with van der Waals surface area (Å²) in [4.78, 5) is 14.0. The highest BCUT2D eigenvalue weighted by Gasteiger charge is 2.14. The van der Waals surface area contributed by atoms with Crippen molar-refractivity contribution in [1.82, 2.24) is 4.90 Å². The summed E-state index contributed by atoms with van der Waals surface area (Å²) < 4.78 is 0. The lowest BCUT2D eigenvalue weighted by Crippen LogP contribution is -2.30. The van der Waals surface area contributed by atoms with Gasteiger partial charge in [-0.2, -0.15) is 0 Å². The second-order valence-electron chi connectivity index (χ2n) is 4.83. The molecule has 1 aliphatic heterocycles. The van der Waals surface area contributed by atoms with E-state index >= 15 is 0 Å². The van der Waals surface area contributed by atoms with E-state index in [4.69, 9.17) is 0 Å². The predicted octanol–water partition coefficient (Wildman–Crippen LogP) is 2.34. The number of hydrogen-bond acceptors (Lipinski definition) is 2. The fourth-order valence-electron chi connectivity index (χ4n) is 2.16. The molecule has 1 saturated heterocycles. The Labute approximate surface area is 103 Å². The monoisotopic (exact) mass is 232 g/mol. The van der Waals surface area contributed by atoms with Crippen molar-refractivity contribution in [2.24, 2.45) is 0 Å². The molecule has 0 saturated carbocycles. The third-order valence-corrected chi connectivity index (χ3v) is 3.36. The lowest BCUT2D eigenvalue weighted by molar-refractivity contribution is -0.117. The lowest BCUT2D eigenvalue weighted by atomic mass is 10.1. The Morgan fingerprint density at radius 1 is 1.24 bits per heavy atom. The number of aryl methyl sites for hydroxylation is 2. The van der Waals surface area contributed by atoms with Crippen molar-refractivity contribution in [3.05, 3.63) is 29.3 Å². The van der Waals surface area contributed by atoms with E-state index in [1.807, 2.05) is 18.2 Å². The second-order valence-corrected chi connectivity index (χ2v) is 4.83. The second kappa shape index (κ2) is 5.32. The average molecular weight is 232 g/mol. The topological polar surface area (TPSA) is 32.3 Å². The minimum Gasteiger partial charge on any atom is -0.325 e. The van der Waals surface area contributed by atoms with Crippen LogP contribution in [-0.4, -0.2) is 30.4 Å². The number of nitrogens with one attached hydrogen (secondary N) is 1. The zero-order chi connectivity index (χ0) is 12.3. The van der Waals surface area contributed by atoms with Crippen LogP contribution in [-0.2, 0) is 4.79 Å². The summed E-state index contributed by atoms with van der Waals surface area (Å²) in [6.45, 7) is 6.77. The largest absolute Gasteiger partial charge is 0.325 e. The smallest absolute Gasteiger partial charge is 0.238 e. The van der Waals surface area contributed by atoms with Gasteiger partial charge in [-0.1, -0.05) is 6.07 Å². The maximum atomic E-state index is 11.8. The molecule has 1 aromatic carbocycles. The Bertz CT molecular complexity index is 409. The minimum absolute atomic E-state index is 0.0927. The first kappa shape index (κ1) is 12.1. The van der Waals surface area contributed by atoms with Crippen LogP contribution in [0.1, 0.15) is 24.0 Å². The third kappa shape index (κ3) is 3.30. The molecule has 1 aromatic rings. The van der Waals surface area contributed by atoms with E-state index in [-0.39, 0.29) is 5.91 Å². The normalized spacial score (nSPS) is 16.1. The first-order valence-corrected chi connectivity index (χ1v) is 6.24. The number of hydrogen-bond donors (Lipinski definition) is 1. The molecule has 0 aromatic heterocycles. The molecule has 1 N–H and O–H groups in total. The molecule has 1 amide bonds. The van der Waals surface area contributed by atoms with Crippen molar-refractivity contribution in [2.45, 2.75) is 26.7 Å². The molecule has 0 atom stereocenters. The Balaban J connectivity index is 1.90. The zero-order valence-electron chi connectivity index (χ0n) is 10.6. The van der Waals surface area contributed by atoms with Gasteiger partial charge in [-0.3, -0.25) is 9.69 Å². The first-order chi connectivity index (χ1) is 8.15. The highest BCUT2D eigenvalue weighted by atomic mass is 16.2. The van der Waals surface area contributed by atoms with Crippen LogP contribution >= 0.6 is 0 Å². The van der Waals surface area contributed by atoms with Crippen LogP contribution in [0.4, 0.5) is 5.69 Å². The number of benzene rings is 1. The third-order valence-electron chi connectivity index (χ3n) is 3.36. The molecule has 3 heteroatoms. The number of carbonyl (C=O) groups excluding carboxylic acids is 1. The minimum atomic E-state index is 0.0927. The highest BCUT2D eigenvalue weighted by molar-refractivity contribution is 5.92. The molecule has 2 rings (SSSR count). The maximum absolute atomic E-state index is 11.8. The molecule has 92 valence electrons. The Kier molecular flexibility index (Phi) is 3.79. The first-order valence-electron chi connectivity index (χ1n) is 6.24. The fourth-order valence-corrected chi connectivity index (χ4v) is 2.16. The van der Waals surface area contributed by atoms with Gasteiger partial charge in [0.25, 0.3) is 0 Å². The van der Waals surface area contributed by atoms with Crippen molar-refractivity contribution in [1.29, 1.82) is 0 Å². The summed E-state index contributed by atoms with van der Waals surface area (Å²) in [6, 6.07) is 6.03. The van der Waals surface area contributed by atoms with Gasteiger partial charge in [-0.25, -0.2) is 0 Å². The summed E-state index contributed by atoms with van der Waals surface area (Å²) in [5, 5.41) is 2.96. The molecule has 0 unspecified atom stereocenters. The number of anilines is 1. The van der Waals surface area contributed by atoms with Gasteiger partial charge in [-0.15, -0.1) is 0 Å². The molecule has 0 bridgehead atoms. The fraction of sp³-hybridized carbons (Fsp3) is 0.500. The van der Waals surface area contributed by atoms with Crippen molar-refractivity contribution < 1.29 is 4.79 Å². The Morgan fingerprint density at radius 3 is 2.59 bits per heavy atom. The van der Waals surface area contributed by atoms with E-state index in [1.54, 1.807) is 0 Å². The molecular weight excluding hydrogens is 212 g/mol. The quantitative estimate of drug-likeness (QED) is 0.867. The van der Waals surface area contributed by atoms with Gasteiger partial charge >= 0.3 is 0 Å². The molecule has 1 fully saturated rings. The van der Waals surface area contributed by atoms with Gasteiger partial charge in [0.1, 0.15) is 0 Å². The molecular formula is C14H20N2O. The van der Waals surface area contributed by atoms with Gasteiger partial charge in [0.15, 0.2) is 0 Å². The molecule has 3 nitrogen and oxygen atoms in total. The van der Waals surface area contributed by atoms with E-state index in [0.29, 0.717) is 6.54 Å². The Morgan fingerprint density at radius 2 is 1.94 bits per heavy atom. The van der Waals surface area contributed by atoms with Crippen LogP contribution in [0, 0.1) is 13.8 Å². The van der Waals surface area contributed by atoms with Gasteiger partial charge in [0.2, 0.25) is 5.91 Å². The maximum Gasteiger partial charge on any atom is 0.238 e. The summed E-state index contributed by atoms with van der Waals surface area (Å²) in [5.74, 6) is 0.0927. The number of amides is 1. The number of rotatable bonds is 3. The van der Waals surface area contributed by atoms with E-state index < -0.39 is 0 Å². The van der Waals surface area contributed by atoms with Crippen molar-refractivity contribution in [2.75, 3.05) is 25.0 Å². The standard InChI is InChI=1S/C14H20N2O/c1-11-5-6-13(9-12(11)2)15-14(17)10-16-7-3-4-8-16/h5-6,9H,3-4,7-8,10H2,1-2H3,(H,15,17). The van der Waals surface area contributed by atoms with Gasteiger partial charge < -0.3 is 5.32 Å². The highest BCUT2D eigenvalue weighted by Crippen LogP contribution is 2.14. The van der Waals surface area contributed by atoms with Crippen molar-refractivity contribution >= 4 is 11.6 Å². The predicted molar refractivity (Wildman–Crippen MR) is 70.2 cm³/mol. The molecule has 0 radical (unpaired) electrons.